The molecule has 1 unspecified atom stereocenters. The predicted molar refractivity (Wildman–Crippen MR) is 118 cm³/mol. The third-order valence-electron chi connectivity index (χ3n) is 3.74. The standard InChI is InChI=1S/C19H27N3OS.HI/c1-3-20-19(22(2)12-11-18-10-7-13-24-18)21-15-17(23)14-16-8-5-4-6-9-16;/h4-10,13,17,23H,3,11-12,14-15H2,1-2H3,(H,20,21);1H. The topological polar surface area (TPSA) is 47.9 Å². The van der Waals surface area contributed by atoms with Crippen molar-refractivity contribution in [1.29, 1.82) is 0 Å². The molecule has 2 rings (SSSR count). The van der Waals surface area contributed by atoms with Crippen LogP contribution in [0.15, 0.2) is 52.8 Å². The fourth-order valence-corrected chi connectivity index (χ4v) is 3.15. The van der Waals surface area contributed by atoms with Gasteiger partial charge in [-0.3, -0.25) is 4.99 Å². The molecule has 6 heteroatoms. The molecule has 1 heterocycles. The zero-order chi connectivity index (χ0) is 17.2. The molecule has 0 amide bonds. The Morgan fingerprint density at radius 3 is 2.64 bits per heavy atom. The maximum absolute atomic E-state index is 10.2. The number of guanidine groups is 1. The monoisotopic (exact) mass is 473 g/mol. The minimum atomic E-state index is -0.466. The molecule has 0 bridgehead atoms. The second-order valence-electron chi connectivity index (χ2n) is 5.79. The van der Waals surface area contributed by atoms with Crippen LogP contribution in [0, 0.1) is 0 Å². The van der Waals surface area contributed by atoms with Gasteiger partial charge in [0.1, 0.15) is 0 Å². The maximum Gasteiger partial charge on any atom is 0.193 e. The van der Waals surface area contributed by atoms with E-state index in [9.17, 15) is 5.11 Å². The Kier molecular flexibility index (Phi) is 10.8. The lowest BCUT2D eigenvalue weighted by molar-refractivity contribution is 0.183. The number of aliphatic hydroxyl groups excluding tert-OH is 1. The van der Waals surface area contributed by atoms with E-state index in [4.69, 9.17) is 0 Å². The molecule has 0 aliphatic heterocycles. The lowest BCUT2D eigenvalue weighted by Crippen LogP contribution is -2.40. The third-order valence-corrected chi connectivity index (χ3v) is 4.67. The van der Waals surface area contributed by atoms with E-state index in [1.165, 1.54) is 4.88 Å². The first-order valence-corrected chi connectivity index (χ1v) is 9.30. The zero-order valence-electron chi connectivity index (χ0n) is 14.9. The highest BCUT2D eigenvalue weighted by molar-refractivity contribution is 14.0. The summed E-state index contributed by atoms with van der Waals surface area (Å²) < 4.78 is 0. The Labute approximate surface area is 172 Å². The summed E-state index contributed by atoms with van der Waals surface area (Å²) in [5.74, 6) is 0.848. The molecule has 4 nitrogen and oxygen atoms in total. The van der Waals surface area contributed by atoms with Gasteiger partial charge in [-0.05, 0) is 30.4 Å². The number of aliphatic hydroxyl groups is 1. The lowest BCUT2D eigenvalue weighted by atomic mass is 10.1. The highest BCUT2D eigenvalue weighted by Gasteiger charge is 2.09. The molecule has 1 atom stereocenters. The fraction of sp³-hybridized carbons (Fsp3) is 0.421. The van der Waals surface area contributed by atoms with Crippen LogP contribution in [0.2, 0.25) is 0 Å². The van der Waals surface area contributed by atoms with Gasteiger partial charge in [0.2, 0.25) is 0 Å². The zero-order valence-corrected chi connectivity index (χ0v) is 18.0. The van der Waals surface area contributed by atoms with E-state index in [0.717, 1.165) is 31.0 Å². The van der Waals surface area contributed by atoms with E-state index in [1.54, 1.807) is 11.3 Å². The maximum atomic E-state index is 10.2. The number of likely N-dealkylation sites (N-methyl/N-ethyl adjacent to an activating group) is 1. The molecular formula is C19H28IN3OS. The van der Waals surface area contributed by atoms with Crippen molar-refractivity contribution in [3.8, 4) is 0 Å². The average Bonchev–Trinajstić information content (AvgIpc) is 3.11. The first kappa shape index (κ1) is 21.9. The molecular weight excluding hydrogens is 445 g/mol. The number of aliphatic imine (C=N–C) groups is 1. The van der Waals surface area contributed by atoms with Crippen molar-refractivity contribution in [2.24, 2.45) is 4.99 Å². The van der Waals surface area contributed by atoms with E-state index < -0.39 is 6.10 Å². The summed E-state index contributed by atoms with van der Waals surface area (Å²) in [7, 11) is 2.04. The van der Waals surface area contributed by atoms with Gasteiger partial charge >= 0.3 is 0 Å². The molecule has 1 aromatic carbocycles. The number of rotatable bonds is 8. The second-order valence-corrected chi connectivity index (χ2v) is 6.82. The smallest absolute Gasteiger partial charge is 0.193 e. The molecule has 0 saturated carbocycles. The van der Waals surface area contributed by atoms with Gasteiger partial charge in [0.15, 0.2) is 5.96 Å². The van der Waals surface area contributed by atoms with Crippen molar-refractivity contribution in [2.75, 3.05) is 26.7 Å². The molecule has 0 fully saturated rings. The Hall–Kier alpha value is -1.12. The van der Waals surface area contributed by atoms with Crippen molar-refractivity contribution < 1.29 is 5.11 Å². The van der Waals surface area contributed by atoms with Crippen LogP contribution in [0.5, 0.6) is 0 Å². The van der Waals surface area contributed by atoms with Crippen molar-refractivity contribution in [3.63, 3.8) is 0 Å². The van der Waals surface area contributed by atoms with Gasteiger partial charge in [0.25, 0.3) is 0 Å². The van der Waals surface area contributed by atoms with Gasteiger partial charge in [-0.2, -0.15) is 0 Å². The van der Waals surface area contributed by atoms with Gasteiger partial charge in [0, 0.05) is 31.4 Å². The Bertz CT molecular complexity index is 604. The number of nitrogens with zero attached hydrogens (tertiary/aromatic N) is 2. The van der Waals surface area contributed by atoms with Gasteiger partial charge in [-0.25, -0.2) is 0 Å². The van der Waals surface area contributed by atoms with Crippen LogP contribution in [0.25, 0.3) is 0 Å². The first-order valence-electron chi connectivity index (χ1n) is 8.43. The number of benzene rings is 1. The molecule has 0 aliphatic rings. The second kappa shape index (κ2) is 12.3. The van der Waals surface area contributed by atoms with Crippen LogP contribution in [-0.2, 0) is 12.8 Å². The Morgan fingerprint density at radius 2 is 2.00 bits per heavy atom. The van der Waals surface area contributed by atoms with E-state index in [-0.39, 0.29) is 24.0 Å². The molecule has 0 saturated heterocycles. The number of nitrogens with one attached hydrogen (secondary N) is 1. The number of halogens is 1. The van der Waals surface area contributed by atoms with Gasteiger partial charge in [-0.15, -0.1) is 35.3 Å². The van der Waals surface area contributed by atoms with E-state index in [2.05, 4.69) is 39.6 Å². The highest BCUT2D eigenvalue weighted by Crippen LogP contribution is 2.09. The molecule has 0 aliphatic carbocycles. The summed E-state index contributed by atoms with van der Waals surface area (Å²) in [6.45, 7) is 4.18. The minimum absolute atomic E-state index is 0. The summed E-state index contributed by atoms with van der Waals surface area (Å²) in [5, 5.41) is 15.6. The largest absolute Gasteiger partial charge is 0.391 e. The number of thiophene rings is 1. The van der Waals surface area contributed by atoms with Crippen molar-refractivity contribution in [2.45, 2.75) is 25.9 Å². The van der Waals surface area contributed by atoms with Gasteiger partial charge < -0.3 is 15.3 Å². The van der Waals surface area contributed by atoms with Gasteiger partial charge in [-0.1, -0.05) is 36.4 Å². The Balaban J connectivity index is 0.00000312. The molecule has 25 heavy (non-hydrogen) atoms. The van der Waals surface area contributed by atoms with Crippen molar-refractivity contribution in [1.82, 2.24) is 10.2 Å². The number of hydrogen-bond donors (Lipinski definition) is 2. The van der Waals surface area contributed by atoms with Crippen LogP contribution in [0.4, 0.5) is 0 Å². The molecule has 2 aromatic rings. The first-order chi connectivity index (χ1) is 11.7. The molecule has 0 spiro atoms. The van der Waals surface area contributed by atoms with E-state index in [0.29, 0.717) is 13.0 Å². The van der Waals surface area contributed by atoms with E-state index in [1.807, 2.05) is 37.4 Å². The minimum Gasteiger partial charge on any atom is -0.391 e. The van der Waals surface area contributed by atoms with Crippen molar-refractivity contribution in [3.05, 3.63) is 58.3 Å². The van der Waals surface area contributed by atoms with Crippen LogP contribution in [0.1, 0.15) is 17.4 Å². The summed E-state index contributed by atoms with van der Waals surface area (Å²) in [6.07, 6.45) is 1.17. The van der Waals surface area contributed by atoms with Crippen LogP contribution in [0.3, 0.4) is 0 Å². The molecule has 2 N–H and O–H groups in total. The predicted octanol–water partition coefficient (Wildman–Crippen LogP) is 3.41. The Morgan fingerprint density at radius 1 is 1.24 bits per heavy atom. The highest BCUT2D eigenvalue weighted by atomic mass is 127. The molecule has 1 aromatic heterocycles. The lowest BCUT2D eigenvalue weighted by Gasteiger charge is -2.22. The molecule has 0 radical (unpaired) electrons. The average molecular weight is 473 g/mol. The fourth-order valence-electron chi connectivity index (χ4n) is 2.45. The molecule has 138 valence electrons. The van der Waals surface area contributed by atoms with Crippen LogP contribution < -0.4 is 5.32 Å². The summed E-state index contributed by atoms with van der Waals surface area (Å²) >= 11 is 1.78. The van der Waals surface area contributed by atoms with Gasteiger partial charge in [0.05, 0.1) is 12.6 Å². The quantitative estimate of drug-likeness (QED) is 0.351. The SMILES string of the molecule is CCNC(=NCC(O)Cc1ccccc1)N(C)CCc1cccs1.I. The third kappa shape index (κ3) is 8.20. The normalized spacial score (nSPS) is 12.4. The number of hydrogen-bond acceptors (Lipinski definition) is 3. The summed E-state index contributed by atoms with van der Waals surface area (Å²) in [4.78, 5) is 8.09. The van der Waals surface area contributed by atoms with E-state index >= 15 is 0 Å². The summed E-state index contributed by atoms with van der Waals surface area (Å²) in [6, 6.07) is 14.3. The van der Waals surface area contributed by atoms with Crippen LogP contribution >= 0.6 is 35.3 Å². The van der Waals surface area contributed by atoms with Crippen LogP contribution in [-0.4, -0.2) is 48.8 Å². The van der Waals surface area contributed by atoms with Crippen molar-refractivity contribution >= 4 is 41.3 Å². The summed E-state index contributed by atoms with van der Waals surface area (Å²) in [5.41, 5.74) is 1.14.